The summed E-state index contributed by atoms with van der Waals surface area (Å²) in [6.45, 7) is 5.02. The Bertz CT molecular complexity index is 286. The Balaban J connectivity index is 2.23. The van der Waals surface area contributed by atoms with E-state index in [0.717, 1.165) is 5.92 Å². The topological polar surface area (TPSA) is 20.2 Å². The average Bonchev–Trinajstić information content (AvgIpc) is 2.64. The molecule has 92 valence electrons. The maximum absolute atomic E-state index is 9.40. The van der Waals surface area contributed by atoms with Gasteiger partial charge in [0, 0.05) is 6.61 Å². The summed E-state index contributed by atoms with van der Waals surface area (Å²) in [6.07, 6.45) is 6.55. The molecule has 0 saturated heterocycles. The molecule has 2 saturated carbocycles. The Labute approximate surface area is 107 Å². The zero-order valence-electron chi connectivity index (χ0n) is 10.4. The van der Waals surface area contributed by atoms with Crippen molar-refractivity contribution in [3.8, 4) is 0 Å². The van der Waals surface area contributed by atoms with Gasteiger partial charge in [0.2, 0.25) is 0 Å². The Kier molecular flexibility index (Phi) is 3.80. The zero-order chi connectivity index (χ0) is 11.8. The summed E-state index contributed by atoms with van der Waals surface area (Å²) in [6, 6.07) is 0. The molecule has 0 aromatic carbocycles. The predicted octanol–water partition coefficient (Wildman–Crippen LogP) is 4.11. The minimum atomic E-state index is 0.348. The molecule has 0 spiro atoms. The Hall–Kier alpha value is 0.180. The fourth-order valence-electron chi connectivity index (χ4n) is 4.27. The van der Waals surface area contributed by atoms with Crippen molar-refractivity contribution < 1.29 is 5.11 Å². The quantitative estimate of drug-likeness (QED) is 0.810. The van der Waals surface area contributed by atoms with Gasteiger partial charge in [-0.25, -0.2) is 0 Å². The van der Waals surface area contributed by atoms with Gasteiger partial charge in [0.05, 0.1) is 0 Å². The molecular weight excluding hydrogens is 264 g/mol. The van der Waals surface area contributed by atoms with Gasteiger partial charge >= 0.3 is 0 Å². The standard InChI is InChI=1S/C14H23BrO/c1-10(9-16)12-5-6-13-11(8-15)4-3-7-14(12,13)2/h8,10,12-13,16H,3-7,9H2,1-2H3/b11-8+/t10-,12?,13?,14?/m1/s1. The van der Waals surface area contributed by atoms with E-state index in [-0.39, 0.29) is 0 Å². The number of rotatable bonds is 2. The monoisotopic (exact) mass is 286 g/mol. The van der Waals surface area contributed by atoms with Crippen LogP contribution in [0.4, 0.5) is 0 Å². The van der Waals surface area contributed by atoms with Crippen LogP contribution in [-0.2, 0) is 0 Å². The predicted molar refractivity (Wildman–Crippen MR) is 71.4 cm³/mol. The summed E-state index contributed by atoms with van der Waals surface area (Å²) >= 11 is 3.53. The second-order valence-electron chi connectivity index (χ2n) is 5.94. The first-order valence-electron chi connectivity index (χ1n) is 6.53. The summed E-state index contributed by atoms with van der Waals surface area (Å²) < 4.78 is 0. The fourth-order valence-corrected chi connectivity index (χ4v) is 4.82. The molecule has 1 nitrogen and oxygen atoms in total. The summed E-state index contributed by atoms with van der Waals surface area (Å²) in [7, 11) is 0. The number of aliphatic hydroxyl groups excluding tert-OH is 1. The van der Waals surface area contributed by atoms with Gasteiger partial charge in [0.1, 0.15) is 0 Å². The first-order chi connectivity index (χ1) is 7.63. The van der Waals surface area contributed by atoms with Crippen LogP contribution in [-0.4, -0.2) is 11.7 Å². The first-order valence-corrected chi connectivity index (χ1v) is 7.45. The lowest BCUT2D eigenvalue weighted by Gasteiger charge is -2.44. The number of allylic oxidation sites excluding steroid dienone is 1. The van der Waals surface area contributed by atoms with Gasteiger partial charge in [-0.15, -0.1) is 0 Å². The minimum absolute atomic E-state index is 0.348. The number of hydrogen-bond donors (Lipinski definition) is 1. The zero-order valence-corrected chi connectivity index (χ0v) is 12.0. The van der Waals surface area contributed by atoms with E-state index in [1.165, 1.54) is 32.1 Å². The molecule has 0 aromatic heterocycles. The minimum Gasteiger partial charge on any atom is -0.396 e. The van der Waals surface area contributed by atoms with Crippen LogP contribution in [0.2, 0.25) is 0 Å². The molecule has 3 unspecified atom stereocenters. The number of fused-ring (bicyclic) bond motifs is 1. The molecular formula is C14H23BrO. The van der Waals surface area contributed by atoms with Crippen LogP contribution in [0.3, 0.4) is 0 Å². The largest absolute Gasteiger partial charge is 0.396 e. The highest BCUT2D eigenvalue weighted by atomic mass is 79.9. The average molecular weight is 287 g/mol. The summed E-state index contributed by atoms with van der Waals surface area (Å²) in [5.74, 6) is 1.94. The number of aliphatic hydroxyl groups is 1. The molecule has 0 radical (unpaired) electrons. The highest BCUT2D eigenvalue weighted by Gasteiger charge is 2.50. The Morgan fingerprint density at radius 2 is 2.31 bits per heavy atom. The van der Waals surface area contributed by atoms with E-state index < -0.39 is 0 Å². The van der Waals surface area contributed by atoms with Gasteiger partial charge in [0.15, 0.2) is 0 Å². The molecule has 2 heteroatoms. The van der Waals surface area contributed by atoms with Crippen LogP contribution in [0, 0.1) is 23.2 Å². The molecule has 0 bridgehead atoms. The summed E-state index contributed by atoms with van der Waals surface area (Å²) in [4.78, 5) is 2.17. The van der Waals surface area contributed by atoms with E-state index in [4.69, 9.17) is 0 Å². The van der Waals surface area contributed by atoms with Gasteiger partial charge in [-0.3, -0.25) is 0 Å². The van der Waals surface area contributed by atoms with Crippen molar-refractivity contribution in [3.05, 3.63) is 10.6 Å². The first kappa shape index (κ1) is 12.6. The van der Waals surface area contributed by atoms with Crippen LogP contribution in [0.1, 0.15) is 46.0 Å². The maximum Gasteiger partial charge on any atom is 0.0459 e. The van der Waals surface area contributed by atoms with E-state index in [0.29, 0.717) is 23.9 Å². The summed E-state index contributed by atoms with van der Waals surface area (Å²) in [5.41, 5.74) is 2.06. The molecule has 2 rings (SSSR count). The lowest BCUT2D eigenvalue weighted by molar-refractivity contribution is 0.0691. The third-order valence-corrected chi connectivity index (χ3v) is 5.74. The van der Waals surface area contributed by atoms with Gasteiger partial charge in [-0.2, -0.15) is 0 Å². The highest BCUT2D eigenvalue weighted by molar-refractivity contribution is 9.11. The number of halogens is 1. The molecule has 2 fully saturated rings. The van der Waals surface area contributed by atoms with Gasteiger partial charge < -0.3 is 5.11 Å². The second kappa shape index (κ2) is 4.81. The SMILES string of the molecule is C[C@H](CO)C1CCC2/C(=C/Br)CCCC21C. The van der Waals surface area contributed by atoms with Crippen molar-refractivity contribution in [3.63, 3.8) is 0 Å². The van der Waals surface area contributed by atoms with Gasteiger partial charge in [-0.05, 0) is 60.3 Å². The van der Waals surface area contributed by atoms with Crippen molar-refractivity contribution in [1.82, 2.24) is 0 Å². The third kappa shape index (κ3) is 1.88. The van der Waals surface area contributed by atoms with Crippen molar-refractivity contribution in [1.29, 1.82) is 0 Å². The second-order valence-corrected chi connectivity index (χ2v) is 6.40. The van der Waals surface area contributed by atoms with E-state index in [1.807, 2.05) is 0 Å². The maximum atomic E-state index is 9.40. The third-order valence-electron chi connectivity index (χ3n) is 5.15. The fraction of sp³-hybridized carbons (Fsp3) is 0.857. The van der Waals surface area contributed by atoms with Crippen molar-refractivity contribution in [2.24, 2.45) is 23.2 Å². The summed E-state index contributed by atoms with van der Waals surface area (Å²) in [5, 5.41) is 9.40. The number of hydrogen-bond acceptors (Lipinski definition) is 1. The molecule has 2 aliphatic rings. The van der Waals surface area contributed by atoms with Crippen LogP contribution in [0.5, 0.6) is 0 Å². The molecule has 0 aromatic rings. The molecule has 1 N–H and O–H groups in total. The molecule has 2 aliphatic carbocycles. The van der Waals surface area contributed by atoms with Crippen molar-refractivity contribution in [2.45, 2.75) is 46.0 Å². The van der Waals surface area contributed by atoms with Crippen LogP contribution < -0.4 is 0 Å². The van der Waals surface area contributed by atoms with E-state index >= 15 is 0 Å². The normalized spacial score (nSPS) is 43.4. The van der Waals surface area contributed by atoms with Crippen molar-refractivity contribution >= 4 is 15.9 Å². The van der Waals surface area contributed by atoms with Gasteiger partial charge in [-0.1, -0.05) is 35.4 Å². The van der Waals surface area contributed by atoms with Crippen molar-refractivity contribution in [2.75, 3.05) is 6.61 Å². The van der Waals surface area contributed by atoms with E-state index in [2.05, 4.69) is 34.8 Å². The van der Waals surface area contributed by atoms with Crippen LogP contribution in [0.15, 0.2) is 10.6 Å². The van der Waals surface area contributed by atoms with Crippen LogP contribution >= 0.6 is 15.9 Å². The molecule has 4 atom stereocenters. The lowest BCUT2D eigenvalue weighted by atomic mass is 9.61. The smallest absolute Gasteiger partial charge is 0.0459 e. The molecule has 0 aliphatic heterocycles. The lowest BCUT2D eigenvalue weighted by Crippen LogP contribution is -2.36. The Morgan fingerprint density at radius 1 is 1.56 bits per heavy atom. The Morgan fingerprint density at radius 3 is 2.94 bits per heavy atom. The highest BCUT2D eigenvalue weighted by Crippen LogP contribution is 2.59. The molecule has 0 amide bonds. The van der Waals surface area contributed by atoms with E-state index in [1.54, 1.807) is 5.57 Å². The molecule has 16 heavy (non-hydrogen) atoms. The molecule has 0 heterocycles. The van der Waals surface area contributed by atoms with E-state index in [9.17, 15) is 5.11 Å². The van der Waals surface area contributed by atoms with Crippen LogP contribution in [0.25, 0.3) is 0 Å². The van der Waals surface area contributed by atoms with Gasteiger partial charge in [0.25, 0.3) is 0 Å².